The average Bonchev–Trinajstić information content (AvgIpc) is 3.78. The quantitative estimate of drug-likeness (QED) is 0.181. The van der Waals surface area contributed by atoms with Crippen LogP contribution in [0.3, 0.4) is 0 Å². The Kier molecular flexibility index (Phi) is 6.55. The maximum Gasteiger partial charge on any atom is 0.143 e. The molecule has 0 radical (unpaired) electrons. The number of benzene rings is 9. The van der Waals surface area contributed by atoms with Crippen LogP contribution in [0.15, 0.2) is 199 Å². The van der Waals surface area contributed by atoms with Gasteiger partial charge in [-0.15, -0.1) is 0 Å². The van der Waals surface area contributed by atoms with Crippen molar-refractivity contribution < 1.29 is 4.42 Å². The summed E-state index contributed by atoms with van der Waals surface area (Å²) in [5, 5.41) is 9.37. The van der Waals surface area contributed by atoms with Gasteiger partial charge in [0, 0.05) is 43.4 Å². The summed E-state index contributed by atoms with van der Waals surface area (Å²) in [4.78, 5) is 2.45. The minimum atomic E-state index is 0.889. The number of nitrogens with zero attached hydrogens (tertiary/aromatic N) is 2. The lowest BCUT2D eigenvalue weighted by atomic mass is 9.98. The summed E-state index contributed by atoms with van der Waals surface area (Å²) in [5.74, 6) is 0. The third-order valence-corrected chi connectivity index (χ3v) is 10.8. The van der Waals surface area contributed by atoms with Crippen molar-refractivity contribution in [1.82, 2.24) is 4.57 Å². The Balaban J connectivity index is 1.23. The summed E-state index contributed by atoms with van der Waals surface area (Å²) in [7, 11) is 0. The number of fused-ring (bicyclic) bond motifs is 9. The second-order valence-corrected chi connectivity index (χ2v) is 13.7. The normalized spacial score (nSPS) is 11.8. The topological polar surface area (TPSA) is 21.3 Å². The molecule has 11 aromatic rings. The summed E-state index contributed by atoms with van der Waals surface area (Å²) < 4.78 is 9.35. The molecule has 0 unspecified atom stereocenters. The van der Waals surface area contributed by atoms with Gasteiger partial charge in [-0.2, -0.15) is 0 Å². The van der Waals surface area contributed by atoms with Crippen molar-refractivity contribution in [2.75, 3.05) is 4.90 Å². The molecule has 248 valence electrons. The van der Waals surface area contributed by atoms with E-state index in [4.69, 9.17) is 4.42 Å². The zero-order chi connectivity index (χ0) is 34.9. The summed E-state index contributed by atoms with van der Waals surface area (Å²) in [5.41, 5.74) is 10.6. The fraction of sp³-hybridized carbons (Fsp3) is 0. The Morgan fingerprint density at radius 1 is 0.321 bits per heavy atom. The van der Waals surface area contributed by atoms with Crippen LogP contribution in [0.1, 0.15) is 0 Å². The molecule has 2 heterocycles. The van der Waals surface area contributed by atoms with Crippen molar-refractivity contribution >= 4 is 82.4 Å². The molecular formula is C50H32N2O. The van der Waals surface area contributed by atoms with E-state index in [-0.39, 0.29) is 0 Å². The second kappa shape index (κ2) is 11.7. The SMILES string of the molecule is c1ccc(N(c2ccccc2-n2c3ccccc3c3ccccc32)c2cccc3ccccc23)c(-c2cccc3c2oc2c4ccccc4ccc32)c1. The van der Waals surface area contributed by atoms with Crippen molar-refractivity contribution in [3.8, 4) is 16.8 Å². The van der Waals surface area contributed by atoms with Crippen molar-refractivity contribution in [3.63, 3.8) is 0 Å². The highest BCUT2D eigenvalue weighted by Crippen LogP contribution is 2.48. The third kappa shape index (κ3) is 4.47. The van der Waals surface area contributed by atoms with Gasteiger partial charge in [0.1, 0.15) is 11.2 Å². The Hall–Kier alpha value is -7.10. The van der Waals surface area contributed by atoms with Crippen LogP contribution >= 0.6 is 0 Å². The minimum Gasteiger partial charge on any atom is -0.455 e. The molecule has 0 amide bonds. The fourth-order valence-electron chi connectivity index (χ4n) is 8.45. The zero-order valence-corrected chi connectivity index (χ0v) is 28.8. The van der Waals surface area contributed by atoms with Gasteiger partial charge < -0.3 is 13.9 Å². The highest BCUT2D eigenvalue weighted by atomic mass is 16.3. The molecule has 0 aliphatic carbocycles. The smallest absolute Gasteiger partial charge is 0.143 e. The molecule has 2 aromatic heterocycles. The molecule has 0 saturated heterocycles. The lowest BCUT2D eigenvalue weighted by Crippen LogP contribution is -2.14. The van der Waals surface area contributed by atoms with E-state index >= 15 is 0 Å². The van der Waals surface area contributed by atoms with Crippen molar-refractivity contribution in [1.29, 1.82) is 0 Å². The van der Waals surface area contributed by atoms with Crippen molar-refractivity contribution in [3.05, 3.63) is 194 Å². The number of para-hydroxylation sites is 6. The molecule has 0 aliphatic heterocycles. The number of hydrogen-bond donors (Lipinski definition) is 0. The number of anilines is 3. The standard InChI is InChI=1S/C50H32N2O/c1-3-18-35-33(15-1)17-13-30-43(35)51(47-28-11-12-29-48(47)52-44-25-8-5-20-37(44)38-21-6-9-26-45(38)52)46-27-10-7-22-39(46)40-23-14-24-41-42-32-31-34-16-2-4-19-36(34)49(42)53-50(40)41/h1-32H. The molecule has 0 atom stereocenters. The van der Waals surface area contributed by atoms with E-state index in [2.05, 4.69) is 204 Å². The van der Waals surface area contributed by atoms with Crippen LogP contribution in [0.25, 0.3) is 82.1 Å². The van der Waals surface area contributed by atoms with Crippen LogP contribution in [0.5, 0.6) is 0 Å². The van der Waals surface area contributed by atoms with Crippen LogP contribution in [0.4, 0.5) is 17.1 Å². The lowest BCUT2D eigenvalue weighted by molar-refractivity contribution is 0.674. The Morgan fingerprint density at radius 3 is 1.62 bits per heavy atom. The van der Waals surface area contributed by atoms with Gasteiger partial charge in [-0.05, 0) is 53.2 Å². The molecular weight excluding hydrogens is 645 g/mol. The maximum atomic E-state index is 6.92. The van der Waals surface area contributed by atoms with Crippen LogP contribution < -0.4 is 4.90 Å². The molecule has 0 bridgehead atoms. The first-order valence-electron chi connectivity index (χ1n) is 18.1. The number of furan rings is 1. The van der Waals surface area contributed by atoms with Crippen molar-refractivity contribution in [2.24, 2.45) is 0 Å². The van der Waals surface area contributed by atoms with Crippen LogP contribution in [-0.4, -0.2) is 4.57 Å². The van der Waals surface area contributed by atoms with E-state index in [9.17, 15) is 0 Å². The average molecular weight is 677 g/mol. The Morgan fingerprint density at radius 2 is 0.830 bits per heavy atom. The van der Waals surface area contributed by atoms with E-state index in [0.29, 0.717) is 0 Å². The molecule has 0 fully saturated rings. The largest absolute Gasteiger partial charge is 0.455 e. The first-order chi connectivity index (χ1) is 26.3. The Bertz CT molecular complexity index is 3140. The number of rotatable bonds is 5. The molecule has 0 N–H and O–H groups in total. The van der Waals surface area contributed by atoms with E-state index in [0.717, 1.165) is 61.2 Å². The highest BCUT2D eigenvalue weighted by Gasteiger charge is 2.25. The van der Waals surface area contributed by atoms with E-state index in [1.54, 1.807) is 0 Å². The molecule has 0 aliphatic rings. The van der Waals surface area contributed by atoms with E-state index in [1.807, 2.05) is 0 Å². The van der Waals surface area contributed by atoms with Gasteiger partial charge in [0.2, 0.25) is 0 Å². The molecule has 3 nitrogen and oxygen atoms in total. The minimum absolute atomic E-state index is 0.889. The summed E-state index contributed by atoms with van der Waals surface area (Å²) in [6.07, 6.45) is 0. The summed E-state index contributed by atoms with van der Waals surface area (Å²) in [6, 6.07) is 69.7. The number of aromatic nitrogens is 1. The van der Waals surface area contributed by atoms with Crippen LogP contribution in [0, 0.1) is 0 Å². The third-order valence-electron chi connectivity index (χ3n) is 10.8. The lowest BCUT2D eigenvalue weighted by Gasteiger charge is -2.31. The van der Waals surface area contributed by atoms with Gasteiger partial charge in [0.25, 0.3) is 0 Å². The van der Waals surface area contributed by atoms with E-state index in [1.165, 1.54) is 38.0 Å². The number of hydrogen-bond acceptors (Lipinski definition) is 2. The summed E-state index contributed by atoms with van der Waals surface area (Å²) in [6.45, 7) is 0. The molecule has 53 heavy (non-hydrogen) atoms. The van der Waals surface area contributed by atoms with Gasteiger partial charge in [-0.1, -0.05) is 152 Å². The monoisotopic (exact) mass is 676 g/mol. The van der Waals surface area contributed by atoms with Gasteiger partial charge in [-0.25, -0.2) is 0 Å². The van der Waals surface area contributed by atoms with E-state index < -0.39 is 0 Å². The first kappa shape index (κ1) is 29.6. The Labute approximate surface area is 306 Å². The second-order valence-electron chi connectivity index (χ2n) is 13.7. The van der Waals surface area contributed by atoms with Crippen LogP contribution in [-0.2, 0) is 0 Å². The predicted octanol–water partition coefficient (Wildman–Crippen LogP) is 14.1. The zero-order valence-electron chi connectivity index (χ0n) is 28.8. The molecule has 0 spiro atoms. The highest BCUT2D eigenvalue weighted by molar-refractivity contribution is 6.18. The first-order valence-corrected chi connectivity index (χ1v) is 18.1. The molecule has 0 saturated carbocycles. The van der Waals surface area contributed by atoms with Gasteiger partial charge >= 0.3 is 0 Å². The summed E-state index contributed by atoms with van der Waals surface area (Å²) >= 11 is 0. The maximum absolute atomic E-state index is 6.92. The predicted molar refractivity (Wildman–Crippen MR) is 223 cm³/mol. The van der Waals surface area contributed by atoms with Crippen LogP contribution in [0.2, 0.25) is 0 Å². The van der Waals surface area contributed by atoms with Gasteiger partial charge in [-0.3, -0.25) is 0 Å². The fourth-order valence-corrected chi connectivity index (χ4v) is 8.45. The van der Waals surface area contributed by atoms with Gasteiger partial charge in [0.05, 0.1) is 33.8 Å². The van der Waals surface area contributed by atoms with Gasteiger partial charge in [0.15, 0.2) is 0 Å². The molecule has 11 rings (SSSR count). The van der Waals surface area contributed by atoms with Crippen molar-refractivity contribution in [2.45, 2.75) is 0 Å². The molecule has 3 heteroatoms. The molecule has 9 aromatic carbocycles.